The Kier molecular flexibility index (Phi) is 13.0. The summed E-state index contributed by atoms with van der Waals surface area (Å²) in [6.45, 7) is 7.03. The van der Waals surface area contributed by atoms with Crippen molar-refractivity contribution in [2.24, 2.45) is 11.3 Å². The van der Waals surface area contributed by atoms with Crippen LogP contribution in [0, 0.1) is 11.3 Å². The van der Waals surface area contributed by atoms with Crippen molar-refractivity contribution >= 4 is 0 Å². The van der Waals surface area contributed by atoms with Gasteiger partial charge in [0.2, 0.25) is 0 Å². The van der Waals surface area contributed by atoms with E-state index in [1.165, 1.54) is 89.9 Å². The molecule has 0 aromatic heterocycles. The van der Waals surface area contributed by atoms with Gasteiger partial charge in [0.15, 0.2) is 0 Å². The number of rotatable bonds is 15. The van der Waals surface area contributed by atoms with Crippen LogP contribution in [0.2, 0.25) is 0 Å². The van der Waals surface area contributed by atoms with Gasteiger partial charge in [-0.05, 0) is 43.4 Å². The van der Waals surface area contributed by atoms with Gasteiger partial charge < -0.3 is 0 Å². The van der Waals surface area contributed by atoms with Gasteiger partial charge in [0.25, 0.3) is 0 Å². The van der Waals surface area contributed by atoms with Gasteiger partial charge in [0.05, 0.1) is 0 Å². The van der Waals surface area contributed by atoms with E-state index in [9.17, 15) is 0 Å². The van der Waals surface area contributed by atoms with Gasteiger partial charge in [0, 0.05) is 0 Å². The summed E-state index contributed by atoms with van der Waals surface area (Å²) in [5, 5.41) is 0. The molecule has 1 aliphatic rings. The Bertz CT molecular complexity index is 255. The molecule has 0 spiro atoms. The fraction of sp³-hybridized carbons (Fsp3) is 1.00. The van der Waals surface area contributed by atoms with Crippen LogP contribution in [0.25, 0.3) is 0 Å². The Morgan fingerprint density at radius 2 is 1.17 bits per heavy atom. The van der Waals surface area contributed by atoms with Crippen molar-refractivity contribution in [2.45, 2.75) is 143 Å². The average Bonchev–Trinajstić information content (AvgIpc) is 2.61. The first-order chi connectivity index (χ1) is 11.8. The highest BCUT2D eigenvalue weighted by atomic mass is 14.4. The Hall–Kier alpha value is 0. The monoisotopic (exact) mass is 336 g/mol. The van der Waals surface area contributed by atoms with Gasteiger partial charge in [-0.1, -0.05) is 111 Å². The van der Waals surface area contributed by atoms with E-state index in [1.807, 2.05) is 0 Å². The summed E-state index contributed by atoms with van der Waals surface area (Å²) in [6, 6.07) is 0. The maximum Gasteiger partial charge on any atom is -0.0269 e. The van der Waals surface area contributed by atoms with Crippen LogP contribution in [-0.4, -0.2) is 0 Å². The van der Waals surface area contributed by atoms with Crippen molar-refractivity contribution < 1.29 is 0 Å². The molecule has 1 fully saturated rings. The summed E-state index contributed by atoms with van der Waals surface area (Å²) in [5.41, 5.74) is 0.742. The van der Waals surface area contributed by atoms with Crippen LogP contribution in [-0.2, 0) is 0 Å². The molecule has 0 heterocycles. The molecule has 0 heteroatoms. The van der Waals surface area contributed by atoms with Gasteiger partial charge in [-0.15, -0.1) is 0 Å². The lowest BCUT2D eigenvalue weighted by Crippen LogP contribution is -2.34. The summed E-state index contributed by atoms with van der Waals surface area (Å²) >= 11 is 0. The molecule has 1 atom stereocenters. The summed E-state index contributed by atoms with van der Waals surface area (Å²) in [5.74, 6) is 1.06. The third-order valence-electron chi connectivity index (χ3n) is 6.81. The summed E-state index contributed by atoms with van der Waals surface area (Å²) in [7, 11) is 0. The molecular weight excluding hydrogens is 288 g/mol. The van der Waals surface area contributed by atoms with E-state index in [2.05, 4.69) is 20.8 Å². The Balaban J connectivity index is 2.57. The number of hydrogen-bond acceptors (Lipinski definition) is 0. The van der Waals surface area contributed by atoms with Crippen LogP contribution in [0.4, 0.5) is 0 Å². The molecule has 0 nitrogen and oxygen atoms in total. The van der Waals surface area contributed by atoms with Crippen LogP contribution < -0.4 is 0 Å². The second-order valence-electron chi connectivity index (χ2n) is 8.78. The lowest BCUT2D eigenvalue weighted by Gasteiger charge is -2.45. The molecule has 0 saturated heterocycles. The molecule has 0 radical (unpaired) electrons. The lowest BCUT2D eigenvalue weighted by atomic mass is 9.60. The quantitative estimate of drug-likeness (QED) is 0.261. The van der Waals surface area contributed by atoms with Crippen molar-refractivity contribution in [3.05, 3.63) is 0 Å². The van der Waals surface area contributed by atoms with E-state index in [0.29, 0.717) is 0 Å². The zero-order chi connectivity index (χ0) is 17.5. The minimum atomic E-state index is 0.742. The van der Waals surface area contributed by atoms with E-state index in [-0.39, 0.29) is 0 Å². The minimum absolute atomic E-state index is 0.742. The highest BCUT2D eigenvalue weighted by Crippen LogP contribution is 2.50. The van der Waals surface area contributed by atoms with Gasteiger partial charge >= 0.3 is 0 Å². The fourth-order valence-corrected chi connectivity index (χ4v) is 5.24. The summed E-state index contributed by atoms with van der Waals surface area (Å²) in [6.07, 6.45) is 28.3. The maximum atomic E-state index is 2.34. The van der Waals surface area contributed by atoms with Gasteiger partial charge in [-0.3, -0.25) is 0 Å². The highest BCUT2D eigenvalue weighted by molar-refractivity contribution is 4.90. The van der Waals surface area contributed by atoms with Gasteiger partial charge in [0.1, 0.15) is 0 Å². The van der Waals surface area contributed by atoms with E-state index >= 15 is 0 Å². The molecule has 0 N–H and O–H groups in total. The normalized spacial score (nSPS) is 20.4. The average molecular weight is 337 g/mol. The largest absolute Gasteiger partial charge is 0.0654 e. The summed E-state index contributed by atoms with van der Waals surface area (Å²) in [4.78, 5) is 0. The molecule has 0 aromatic rings. The predicted molar refractivity (Wildman–Crippen MR) is 111 cm³/mol. The Labute approximate surface area is 154 Å². The molecule has 1 rings (SSSR count). The van der Waals surface area contributed by atoms with Crippen LogP contribution in [0.3, 0.4) is 0 Å². The third-order valence-corrected chi connectivity index (χ3v) is 6.81. The van der Waals surface area contributed by atoms with Crippen molar-refractivity contribution in [1.82, 2.24) is 0 Å². The first-order valence-electron chi connectivity index (χ1n) is 11.8. The third kappa shape index (κ3) is 8.39. The van der Waals surface area contributed by atoms with Crippen molar-refractivity contribution in [3.8, 4) is 0 Å². The second kappa shape index (κ2) is 14.2. The smallest absolute Gasteiger partial charge is 0.0269 e. The molecule has 144 valence electrons. The molecule has 1 unspecified atom stereocenters. The molecule has 0 aliphatic heterocycles. The predicted octanol–water partition coefficient (Wildman–Crippen LogP) is 9.07. The van der Waals surface area contributed by atoms with E-state index in [1.54, 1.807) is 32.1 Å². The van der Waals surface area contributed by atoms with Gasteiger partial charge in [-0.2, -0.15) is 0 Å². The number of unbranched alkanes of at least 4 members (excludes halogenated alkanes) is 9. The standard InChI is InChI=1S/C24H48/c1-4-7-10-13-18-23-19-14-17-22-24(23,20-15-11-8-5-2)21-16-12-9-6-3/h23H,4-22H2,1-3H3. The molecule has 0 aromatic carbocycles. The second-order valence-corrected chi connectivity index (χ2v) is 8.78. The minimum Gasteiger partial charge on any atom is -0.0654 e. The van der Waals surface area contributed by atoms with Crippen LogP contribution in [0.1, 0.15) is 143 Å². The fourth-order valence-electron chi connectivity index (χ4n) is 5.24. The highest BCUT2D eigenvalue weighted by Gasteiger charge is 2.38. The van der Waals surface area contributed by atoms with Crippen LogP contribution in [0.15, 0.2) is 0 Å². The van der Waals surface area contributed by atoms with E-state index in [0.717, 1.165) is 11.3 Å². The zero-order valence-electron chi connectivity index (χ0n) is 17.5. The summed E-state index contributed by atoms with van der Waals surface area (Å²) < 4.78 is 0. The van der Waals surface area contributed by atoms with Crippen molar-refractivity contribution in [3.63, 3.8) is 0 Å². The maximum absolute atomic E-state index is 2.34. The Morgan fingerprint density at radius 3 is 1.71 bits per heavy atom. The van der Waals surface area contributed by atoms with Gasteiger partial charge in [-0.25, -0.2) is 0 Å². The van der Waals surface area contributed by atoms with Crippen LogP contribution >= 0.6 is 0 Å². The lowest BCUT2D eigenvalue weighted by molar-refractivity contribution is 0.0567. The first-order valence-corrected chi connectivity index (χ1v) is 11.8. The molecular formula is C24H48. The number of hydrogen-bond donors (Lipinski definition) is 0. The molecule has 1 saturated carbocycles. The van der Waals surface area contributed by atoms with E-state index in [4.69, 9.17) is 0 Å². The van der Waals surface area contributed by atoms with E-state index < -0.39 is 0 Å². The van der Waals surface area contributed by atoms with Crippen molar-refractivity contribution in [2.75, 3.05) is 0 Å². The molecule has 0 amide bonds. The first kappa shape index (κ1) is 22.0. The molecule has 24 heavy (non-hydrogen) atoms. The Morgan fingerprint density at radius 1 is 0.625 bits per heavy atom. The zero-order valence-corrected chi connectivity index (χ0v) is 17.5. The molecule has 0 bridgehead atoms. The topological polar surface area (TPSA) is 0 Å². The van der Waals surface area contributed by atoms with Crippen LogP contribution in [0.5, 0.6) is 0 Å². The molecule has 1 aliphatic carbocycles. The SMILES string of the molecule is CCCCCCC1CCCCC1(CCCCCC)CCCCCC. The van der Waals surface area contributed by atoms with Crippen molar-refractivity contribution in [1.29, 1.82) is 0 Å².